The third kappa shape index (κ3) is 38.5. The molecule has 0 aliphatic rings. The summed E-state index contributed by atoms with van der Waals surface area (Å²) in [6, 6.07) is -0.910. The fourth-order valence-electron chi connectivity index (χ4n) is 5.76. The van der Waals surface area contributed by atoms with E-state index in [9.17, 15) is 19.4 Å². The van der Waals surface area contributed by atoms with Crippen LogP contribution in [0.5, 0.6) is 0 Å². The Kier molecular flexibility index (Phi) is 35.1. The van der Waals surface area contributed by atoms with Gasteiger partial charge in [-0.3, -0.25) is 9.36 Å². The van der Waals surface area contributed by atoms with Crippen molar-refractivity contribution < 1.29 is 32.9 Å². The van der Waals surface area contributed by atoms with E-state index in [0.29, 0.717) is 17.4 Å². The lowest BCUT2D eigenvalue weighted by Crippen LogP contribution is -2.45. The highest BCUT2D eigenvalue weighted by atomic mass is 31.2. The highest BCUT2D eigenvalue weighted by Crippen LogP contribution is 2.38. The van der Waals surface area contributed by atoms with Crippen molar-refractivity contribution in [3.63, 3.8) is 0 Å². The first-order valence-electron chi connectivity index (χ1n) is 21.5. The molecule has 0 saturated carbocycles. The van der Waals surface area contributed by atoms with E-state index < -0.39 is 26.6 Å². The quantitative estimate of drug-likeness (QED) is 0.0280. The third-order valence-electron chi connectivity index (χ3n) is 9.24. The molecule has 0 bridgehead atoms. The summed E-state index contributed by atoms with van der Waals surface area (Å²) in [7, 11) is 1.23. The molecule has 0 aliphatic carbocycles. The van der Waals surface area contributed by atoms with Crippen molar-refractivity contribution >= 4 is 13.7 Å². The zero-order chi connectivity index (χ0) is 39.3. The van der Waals surface area contributed by atoms with Gasteiger partial charge in [0, 0.05) is 6.42 Å². The highest BCUT2D eigenvalue weighted by molar-refractivity contribution is 7.45. The van der Waals surface area contributed by atoms with Crippen molar-refractivity contribution in [2.75, 3.05) is 40.9 Å². The molecule has 0 rings (SSSR count). The lowest BCUT2D eigenvalue weighted by Gasteiger charge is -2.29. The van der Waals surface area contributed by atoms with Gasteiger partial charge in [0.25, 0.3) is 7.82 Å². The average molecular weight is 767 g/mol. The molecule has 8 nitrogen and oxygen atoms in total. The summed E-state index contributed by atoms with van der Waals surface area (Å²) in [5, 5.41) is 13.7. The van der Waals surface area contributed by atoms with E-state index >= 15 is 0 Å². The first kappa shape index (κ1) is 51.5. The van der Waals surface area contributed by atoms with Crippen molar-refractivity contribution in [2.45, 2.75) is 187 Å². The second kappa shape index (κ2) is 36.1. The molecule has 0 radical (unpaired) electrons. The Morgan fingerprint density at radius 1 is 0.642 bits per heavy atom. The van der Waals surface area contributed by atoms with Crippen LogP contribution in [0.15, 0.2) is 48.6 Å². The fourth-order valence-corrected chi connectivity index (χ4v) is 6.49. The van der Waals surface area contributed by atoms with Gasteiger partial charge >= 0.3 is 0 Å². The molecule has 0 spiro atoms. The largest absolute Gasteiger partial charge is 0.756 e. The van der Waals surface area contributed by atoms with Gasteiger partial charge < -0.3 is 28.8 Å². The van der Waals surface area contributed by atoms with Gasteiger partial charge in [0.2, 0.25) is 5.91 Å². The maximum Gasteiger partial charge on any atom is 0.268 e. The molecule has 0 aromatic rings. The van der Waals surface area contributed by atoms with Crippen molar-refractivity contribution in [1.82, 2.24) is 5.32 Å². The van der Waals surface area contributed by atoms with Crippen molar-refractivity contribution in [3.8, 4) is 0 Å². The summed E-state index contributed by atoms with van der Waals surface area (Å²) in [6.45, 7) is 4.56. The number of carbonyl (C=O) groups is 1. The number of nitrogens with one attached hydrogen (secondary N) is 1. The molecule has 3 atom stereocenters. The zero-order valence-corrected chi connectivity index (χ0v) is 35.8. The van der Waals surface area contributed by atoms with Crippen molar-refractivity contribution in [3.05, 3.63) is 48.6 Å². The number of phosphoric ester groups is 1. The normalized spacial score (nSPS) is 14.9. The van der Waals surface area contributed by atoms with Gasteiger partial charge in [-0.15, -0.1) is 0 Å². The Bertz CT molecular complexity index is 1010. The lowest BCUT2D eigenvalue weighted by atomic mass is 10.1. The summed E-state index contributed by atoms with van der Waals surface area (Å²) in [4.78, 5) is 25.2. The second-order valence-corrected chi connectivity index (χ2v) is 17.1. The predicted molar refractivity (Wildman–Crippen MR) is 224 cm³/mol. The number of phosphoric acid groups is 1. The number of nitrogens with zero attached hydrogens (tertiary/aromatic N) is 1. The Morgan fingerprint density at radius 2 is 1.06 bits per heavy atom. The minimum atomic E-state index is -4.60. The van der Waals surface area contributed by atoms with E-state index in [1.165, 1.54) is 103 Å². The SMILES string of the molecule is CCCCC/C=C/CC/C=C/CC/C=C/C(O)C(COP(=O)([O-])OCC[N+](C)(C)C)NC(=O)CCCCCCCCC/C=C\CCCCCCCCC. The molecule has 0 aromatic heterocycles. The number of amides is 1. The van der Waals surface area contributed by atoms with Crippen LogP contribution in [0.3, 0.4) is 0 Å². The van der Waals surface area contributed by atoms with Crippen LogP contribution in [0.1, 0.15) is 174 Å². The monoisotopic (exact) mass is 767 g/mol. The number of rotatable bonds is 38. The molecule has 9 heteroatoms. The van der Waals surface area contributed by atoms with Gasteiger partial charge in [0.1, 0.15) is 13.2 Å². The van der Waals surface area contributed by atoms with E-state index in [0.717, 1.165) is 51.4 Å². The number of hydrogen-bond acceptors (Lipinski definition) is 6. The number of likely N-dealkylation sites (N-methyl/N-ethyl adjacent to an activating group) is 1. The summed E-state index contributed by atoms with van der Waals surface area (Å²) in [5.74, 6) is -0.219. The van der Waals surface area contributed by atoms with Crippen LogP contribution in [-0.4, -0.2) is 68.5 Å². The zero-order valence-electron chi connectivity index (χ0n) is 35.0. The van der Waals surface area contributed by atoms with Crippen LogP contribution in [0.4, 0.5) is 0 Å². The Hall–Kier alpha value is -1.54. The standard InChI is InChI=1S/C44H83N2O6P/c1-6-8-10-12-14-16-18-20-21-22-23-24-26-28-30-32-34-36-38-44(48)45-42(41-52-53(49,50)51-40-39-46(3,4)5)43(47)37-35-33-31-29-27-25-19-17-15-13-11-9-7-2/h15,17,21-22,27,29,35,37,42-43,47H,6-14,16,18-20,23-26,28,30-34,36,38-41H2,1-5H3,(H-,45,48,49,50)/b17-15+,22-21-,29-27+,37-35+. The van der Waals surface area contributed by atoms with Crippen LogP contribution in [0.2, 0.25) is 0 Å². The molecular formula is C44H83N2O6P. The van der Waals surface area contributed by atoms with Gasteiger partial charge in [-0.2, -0.15) is 0 Å². The van der Waals surface area contributed by atoms with E-state index in [2.05, 4.69) is 55.6 Å². The molecule has 0 fully saturated rings. The molecular weight excluding hydrogens is 683 g/mol. The highest BCUT2D eigenvalue weighted by Gasteiger charge is 2.23. The van der Waals surface area contributed by atoms with Gasteiger partial charge in [0.05, 0.1) is 39.9 Å². The van der Waals surface area contributed by atoms with Crippen LogP contribution in [-0.2, 0) is 18.4 Å². The maximum absolute atomic E-state index is 12.8. The first-order valence-corrected chi connectivity index (χ1v) is 23.0. The molecule has 0 saturated heterocycles. The van der Waals surface area contributed by atoms with Crippen molar-refractivity contribution in [1.29, 1.82) is 0 Å². The van der Waals surface area contributed by atoms with Crippen LogP contribution in [0.25, 0.3) is 0 Å². The fraction of sp³-hybridized carbons (Fsp3) is 0.795. The summed E-state index contributed by atoms with van der Waals surface area (Å²) in [5.41, 5.74) is 0. The number of aliphatic hydroxyl groups is 1. The minimum Gasteiger partial charge on any atom is -0.756 e. The van der Waals surface area contributed by atoms with Gasteiger partial charge in [-0.05, 0) is 70.6 Å². The van der Waals surface area contributed by atoms with E-state index in [1.807, 2.05) is 27.2 Å². The average Bonchev–Trinajstić information content (AvgIpc) is 3.10. The Morgan fingerprint density at radius 3 is 1.57 bits per heavy atom. The molecule has 1 amide bonds. The molecule has 0 aliphatic heterocycles. The molecule has 3 unspecified atom stereocenters. The number of aliphatic hydroxyl groups excluding tert-OH is 1. The van der Waals surface area contributed by atoms with Crippen LogP contribution >= 0.6 is 7.82 Å². The van der Waals surface area contributed by atoms with E-state index in [-0.39, 0.29) is 12.5 Å². The summed E-state index contributed by atoms with van der Waals surface area (Å²) < 4.78 is 23.1. The third-order valence-corrected chi connectivity index (χ3v) is 10.2. The Labute approximate surface area is 327 Å². The van der Waals surface area contributed by atoms with Gasteiger partial charge in [0.15, 0.2) is 0 Å². The number of allylic oxidation sites excluding steroid dienone is 7. The number of hydrogen-bond donors (Lipinski definition) is 2. The number of unbranched alkanes of at least 4 members (excludes halogenated alkanes) is 19. The van der Waals surface area contributed by atoms with Crippen LogP contribution in [0, 0.1) is 0 Å². The molecule has 0 heterocycles. The predicted octanol–water partition coefficient (Wildman–Crippen LogP) is 11.1. The molecule has 53 heavy (non-hydrogen) atoms. The first-order chi connectivity index (χ1) is 25.5. The summed E-state index contributed by atoms with van der Waals surface area (Å²) in [6.07, 6.45) is 44.4. The topological polar surface area (TPSA) is 108 Å². The number of quaternary nitrogens is 1. The van der Waals surface area contributed by atoms with Crippen LogP contribution < -0.4 is 10.2 Å². The van der Waals surface area contributed by atoms with Crippen molar-refractivity contribution in [2.24, 2.45) is 0 Å². The smallest absolute Gasteiger partial charge is 0.268 e. The summed E-state index contributed by atoms with van der Waals surface area (Å²) >= 11 is 0. The molecule has 2 N–H and O–H groups in total. The Balaban J connectivity index is 4.49. The minimum absolute atomic E-state index is 0.0110. The maximum atomic E-state index is 12.8. The lowest BCUT2D eigenvalue weighted by molar-refractivity contribution is -0.870. The number of carbonyl (C=O) groups excluding carboxylic acids is 1. The second-order valence-electron chi connectivity index (χ2n) is 15.7. The van der Waals surface area contributed by atoms with E-state index in [4.69, 9.17) is 9.05 Å². The van der Waals surface area contributed by atoms with Gasteiger partial charge in [-0.25, -0.2) is 0 Å². The van der Waals surface area contributed by atoms with Gasteiger partial charge in [-0.1, -0.05) is 146 Å². The molecule has 0 aromatic carbocycles. The molecule has 310 valence electrons. The van der Waals surface area contributed by atoms with E-state index in [1.54, 1.807) is 6.08 Å².